The Kier molecular flexibility index (Phi) is 5.85. The van der Waals surface area contributed by atoms with Crippen molar-refractivity contribution in [3.05, 3.63) is 30.6 Å². The van der Waals surface area contributed by atoms with Crippen molar-refractivity contribution in [2.24, 2.45) is 5.92 Å². The first-order chi connectivity index (χ1) is 10.3. The fourth-order valence-corrected chi connectivity index (χ4v) is 2.53. The van der Waals surface area contributed by atoms with Crippen LogP contribution in [0.2, 0.25) is 0 Å². The number of halogens is 1. The molecule has 1 atom stereocenters. The maximum atomic E-state index is 12.0. The second-order valence-corrected chi connectivity index (χ2v) is 5.25. The molecule has 0 saturated carbocycles. The van der Waals surface area contributed by atoms with Crippen molar-refractivity contribution in [2.45, 2.75) is 19.3 Å². The van der Waals surface area contributed by atoms with Crippen molar-refractivity contribution >= 4 is 24.0 Å². The lowest BCUT2D eigenvalue weighted by atomic mass is 10.0. The van der Waals surface area contributed by atoms with Gasteiger partial charge in [0.05, 0.1) is 5.69 Å². The summed E-state index contributed by atoms with van der Waals surface area (Å²) in [4.78, 5) is 12.0. The molecule has 0 aliphatic carbocycles. The molecule has 1 aliphatic rings. The minimum Gasteiger partial charge on any atom is -0.326 e. The SMILES string of the molecule is Cl.O=C(CCC1CCNC1)Nc1cccc(-n2cnnn2)c1. The third-order valence-corrected chi connectivity index (χ3v) is 3.69. The third-order valence-electron chi connectivity index (χ3n) is 3.69. The summed E-state index contributed by atoms with van der Waals surface area (Å²) in [5.41, 5.74) is 1.58. The van der Waals surface area contributed by atoms with Crippen molar-refractivity contribution in [3.63, 3.8) is 0 Å². The van der Waals surface area contributed by atoms with Gasteiger partial charge in [-0.05, 0) is 60.5 Å². The molecule has 0 radical (unpaired) electrons. The molecule has 118 valence electrons. The number of nitrogens with one attached hydrogen (secondary N) is 2. The lowest BCUT2D eigenvalue weighted by Gasteiger charge is -2.09. The van der Waals surface area contributed by atoms with Crippen molar-refractivity contribution in [3.8, 4) is 5.69 Å². The van der Waals surface area contributed by atoms with Crippen LogP contribution in [0.25, 0.3) is 5.69 Å². The van der Waals surface area contributed by atoms with Gasteiger partial charge in [0.25, 0.3) is 0 Å². The van der Waals surface area contributed by atoms with Gasteiger partial charge in [0.15, 0.2) is 0 Å². The first-order valence-electron chi connectivity index (χ1n) is 7.15. The summed E-state index contributed by atoms with van der Waals surface area (Å²) in [5.74, 6) is 0.680. The van der Waals surface area contributed by atoms with Gasteiger partial charge in [0.1, 0.15) is 6.33 Å². The number of anilines is 1. The van der Waals surface area contributed by atoms with Gasteiger partial charge in [0, 0.05) is 12.1 Å². The van der Waals surface area contributed by atoms with Crippen LogP contribution >= 0.6 is 12.4 Å². The van der Waals surface area contributed by atoms with E-state index in [0.717, 1.165) is 30.9 Å². The Morgan fingerprint density at radius 1 is 1.45 bits per heavy atom. The van der Waals surface area contributed by atoms with Gasteiger partial charge < -0.3 is 10.6 Å². The number of tetrazole rings is 1. The van der Waals surface area contributed by atoms with Gasteiger partial charge in [-0.2, -0.15) is 0 Å². The lowest BCUT2D eigenvalue weighted by Crippen LogP contribution is -2.15. The van der Waals surface area contributed by atoms with Gasteiger partial charge in [-0.15, -0.1) is 17.5 Å². The molecule has 1 aromatic carbocycles. The van der Waals surface area contributed by atoms with Crippen molar-refractivity contribution in [2.75, 3.05) is 18.4 Å². The predicted molar refractivity (Wildman–Crippen MR) is 85.2 cm³/mol. The Labute approximate surface area is 134 Å². The summed E-state index contributed by atoms with van der Waals surface area (Å²) in [6, 6.07) is 7.47. The Balaban J connectivity index is 0.00000176. The van der Waals surface area contributed by atoms with E-state index in [1.165, 1.54) is 12.7 Å². The van der Waals surface area contributed by atoms with Gasteiger partial charge in [-0.25, -0.2) is 4.68 Å². The number of rotatable bonds is 5. The van der Waals surface area contributed by atoms with Crippen LogP contribution < -0.4 is 10.6 Å². The summed E-state index contributed by atoms with van der Waals surface area (Å²) in [7, 11) is 0. The summed E-state index contributed by atoms with van der Waals surface area (Å²) in [6.07, 6.45) is 4.18. The normalized spacial score (nSPS) is 17.0. The van der Waals surface area contributed by atoms with Crippen LogP contribution in [-0.4, -0.2) is 39.2 Å². The predicted octanol–water partition coefficient (Wildman–Crippen LogP) is 1.41. The Hall–Kier alpha value is -1.99. The highest BCUT2D eigenvalue weighted by molar-refractivity contribution is 5.90. The highest BCUT2D eigenvalue weighted by atomic mass is 35.5. The number of nitrogens with zero attached hydrogens (tertiary/aromatic N) is 4. The van der Waals surface area contributed by atoms with Gasteiger partial charge in [-0.1, -0.05) is 6.07 Å². The second-order valence-electron chi connectivity index (χ2n) is 5.25. The summed E-state index contributed by atoms with van der Waals surface area (Å²) >= 11 is 0. The molecule has 0 bridgehead atoms. The van der Waals surface area contributed by atoms with Crippen LogP contribution in [0, 0.1) is 5.92 Å². The fourth-order valence-electron chi connectivity index (χ4n) is 2.53. The van der Waals surface area contributed by atoms with Gasteiger partial charge in [-0.3, -0.25) is 4.79 Å². The zero-order valence-corrected chi connectivity index (χ0v) is 12.9. The number of aromatic nitrogens is 4. The third kappa shape index (κ3) is 4.25. The van der Waals surface area contributed by atoms with Crippen molar-refractivity contribution in [1.82, 2.24) is 25.5 Å². The lowest BCUT2D eigenvalue weighted by molar-refractivity contribution is -0.116. The van der Waals surface area contributed by atoms with E-state index in [4.69, 9.17) is 0 Å². The molecule has 8 heteroatoms. The quantitative estimate of drug-likeness (QED) is 0.869. The maximum absolute atomic E-state index is 12.0. The van der Waals surface area contributed by atoms with Crippen LogP contribution in [-0.2, 0) is 4.79 Å². The number of benzene rings is 1. The first kappa shape index (κ1) is 16.4. The van der Waals surface area contributed by atoms with Crippen LogP contribution in [0.4, 0.5) is 5.69 Å². The minimum absolute atomic E-state index is 0. The van der Waals surface area contributed by atoms with E-state index in [1.54, 1.807) is 4.68 Å². The zero-order chi connectivity index (χ0) is 14.5. The van der Waals surface area contributed by atoms with E-state index in [1.807, 2.05) is 24.3 Å². The first-order valence-corrected chi connectivity index (χ1v) is 7.15. The Morgan fingerprint density at radius 3 is 3.09 bits per heavy atom. The molecule has 7 nitrogen and oxygen atoms in total. The summed E-state index contributed by atoms with van der Waals surface area (Å²) < 4.78 is 1.56. The zero-order valence-electron chi connectivity index (χ0n) is 12.1. The van der Waals surface area contributed by atoms with E-state index in [0.29, 0.717) is 12.3 Å². The van der Waals surface area contributed by atoms with Gasteiger partial charge in [0.2, 0.25) is 5.91 Å². The molecule has 22 heavy (non-hydrogen) atoms. The largest absolute Gasteiger partial charge is 0.326 e. The fraction of sp³-hybridized carbons (Fsp3) is 0.429. The van der Waals surface area contributed by atoms with E-state index in [9.17, 15) is 4.79 Å². The van der Waals surface area contributed by atoms with E-state index < -0.39 is 0 Å². The van der Waals surface area contributed by atoms with Crippen LogP contribution in [0.3, 0.4) is 0 Å². The van der Waals surface area contributed by atoms with Crippen LogP contribution in [0.1, 0.15) is 19.3 Å². The molecule has 2 N–H and O–H groups in total. The molecule has 2 heterocycles. The van der Waals surface area contributed by atoms with Gasteiger partial charge >= 0.3 is 0 Å². The molecule has 0 spiro atoms. The maximum Gasteiger partial charge on any atom is 0.224 e. The molecule has 1 amide bonds. The van der Waals surface area contributed by atoms with Crippen molar-refractivity contribution < 1.29 is 4.79 Å². The number of carbonyl (C=O) groups is 1. The molecular formula is C14H19ClN6O. The molecule has 1 unspecified atom stereocenters. The molecular weight excluding hydrogens is 304 g/mol. The molecule has 1 aliphatic heterocycles. The Morgan fingerprint density at radius 2 is 2.36 bits per heavy atom. The molecule has 2 aromatic rings. The van der Waals surface area contributed by atoms with E-state index in [2.05, 4.69) is 26.2 Å². The van der Waals surface area contributed by atoms with Crippen molar-refractivity contribution in [1.29, 1.82) is 0 Å². The number of hydrogen-bond donors (Lipinski definition) is 2. The van der Waals surface area contributed by atoms with Crippen LogP contribution in [0.5, 0.6) is 0 Å². The van der Waals surface area contributed by atoms with Crippen LogP contribution in [0.15, 0.2) is 30.6 Å². The number of amides is 1. The molecule has 1 fully saturated rings. The Bertz CT molecular complexity index is 597. The molecule has 1 saturated heterocycles. The second kappa shape index (κ2) is 7.86. The standard InChI is InChI=1S/C14H18N6O.ClH/c21-14(5-4-11-6-7-15-9-11)17-12-2-1-3-13(8-12)20-10-16-18-19-20;/h1-3,8,10-11,15H,4-7,9H2,(H,17,21);1H. The van der Waals surface area contributed by atoms with E-state index in [-0.39, 0.29) is 18.3 Å². The summed E-state index contributed by atoms with van der Waals surface area (Å²) in [5, 5.41) is 17.3. The van der Waals surface area contributed by atoms with E-state index >= 15 is 0 Å². The molecule has 1 aromatic heterocycles. The summed E-state index contributed by atoms with van der Waals surface area (Å²) in [6.45, 7) is 2.10. The smallest absolute Gasteiger partial charge is 0.224 e. The minimum atomic E-state index is 0. The average molecular weight is 323 g/mol. The number of hydrogen-bond acceptors (Lipinski definition) is 5. The highest BCUT2D eigenvalue weighted by Crippen LogP contribution is 2.17. The average Bonchev–Trinajstić information content (AvgIpc) is 3.19. The number of carbonyl (C=O) groups excluding carboxylic acids is 1. The highest BCUT2D eigenvalue weighted by Gasteiger charge is 2.15. The molecule has 3 rings (SSSR count). The topological polar surface area (TPSA) is 84.7 Å². The monoisotopic (exact) mass is 322 g/mol.